The van der Waals surface area contributed by atoms with Crippen molar-refractivity contribution in [1.82, 2.24) is 0 Å². The molecule has 0 N–H and O–H groups in total. The Hall–Kier alpha value is 3.80. The molecule has 0 bridgehead atoms. The summed E-state index contributed by atoms with van der Waals surface area (Å²) in [6.07, 6.45) is 0. The van der Waals surface area contributed by atoms with Crippen LogP contribution in [-0.4, -0.2) is 0 Å². The Balaban J connectivity index is 4.43. The first-order valence-electron chi connectivity index (χ1n) is 1.60. The minimum absolute atomic E-state index is 3.38. The third-order valence-electron chi connectivity index (χ3n) is 0. The van der Waals surface area contributed by atoms with Crippen LogP contribution in [0.1, 0.15) is 0 Å². The minimum atomic E-state index is -3.57. The fourth-order valence-corrected chi connectivity index (χ4v) is 0. The first-order chi connectivity index (χ1) is 2.45. The molecular weight excluding hydrogens is 592 g/mol. The Morgan fingerprint density at radius 3 is 0.571 bits per heavy atom. The topological polar surface area (TPSA) is 0 Å². The van der Waals surface area contributed by atoms with E-state index in [1.54, 1.807) is 0 Å². The van der Waals surface area contributed by atoms with Gasteiger partial charge in [-0.1, -0.05) is 0 Å². The summed E-state index contributed by atoms with van der Waals surface area (Å²) in [5.41, 5.74) is 0. The van der Waals surface area contributed by atoms with Crippen molar-refractivity contribution in [2.24, 2.45) is 0 Å². The van der Waals surface area contributed by atoms with Crippen LogP contribution in [0, 0.1) is 0 Å². The van der Waals surface area contributed by atoms with Gasteiger partial charge in [-0.05, 0) is 0 Å². The van der Waals surface area contributed by atoms with Gasteiger partial charge in [0.05, 0.1) is 0 Å². The van der Waals surface area contributed by atoms with E-state index in [4.69, 9.17) is 0 Å². The Kier molecular flexibility index (Phi) is 3.32. The van der Waals surface area contributed by atoms with Crippen LogP contribution in [0.15, 0.2) is 0 Å². The second kappa shape index (κ2) is 2.15. The van der Waals surface area contributed by atoms with Gasteiger partial charge in [-0.25, -0.2) is 0 Å². The molecule has 0 aromatic carbocycles. The number of hydrogen-bond acceptors (Lipinski definition) is 0. The zero-order valence-corrected chi connectivity index (χ0v) is 16.5. The van der Waals surface area contributed by atoms with Gasteiger partial charge in [-0.15, -0.1) is 0 Å². The van der Waals surface area contributed by atoms with Crippen molar-refractivity contribution < 1.29 is 3.66 Å². The number of hydrogen-bond donors (Lipinski definition) is 0. The van der Waals surface area contributed by atoms with E-state index in [-0.39, 0.29) is 0 Å². The van der Waals surface area contributed by atoms with E-state index in [1.807, 2.05) is 0 Å². The maximum absolute atomic E-state index is 3.57. The molecule has 0 atom stereocenters. The Morgan fingerprint density at radius 2 is 0.571 bits per heavy atom. The molecule has 0 radical (unpaired) electrons. The van der Waals surface area contributed by atoms with Gasteiger partial charge in [0.2, 0.25) is 0 Å². The van der Waals surface area contributed by atoms with Crippen LogP contribution in [0.2, 0.25) is 0 Å². The molecule has 0 fully saturated rings. The summed E-state index contributed by atoms with van der Waals surface area (Å²) < 4.78 is -3.57. The normalized spacial score (nSPS) is 18.0. The molecule has 0 unspecified atom stereocenters. The van der Waals surface area contributed by atoms with E-state index in [0.29, 0.717) is 0 Å². The van der Waals surface area contributed by atoms with E-state index in [2.05, 4.69) is 71.9 Å². The van der Waals surface area contributed by atoms with Gasteiger partial charge in [0.15, 0.2) is 0 Å². The Bertz CT molecular complexity index is 62.7. The fraction of sp³-hybridized carbons (Fsp3) is 0. The zero-order valence-electron chi connectivity index (χ0n) is 2.97. The van der Waals surface area contributed by atoms with Crippen molar-refractivity contribution in [3.05, 3.63) is 0 Å². The number of halogens is 6. The SMILES string of the molecule is [Br][Cd]([Br])([Br])([Br])([Br])[Br]. The van der Waals surface area contributed by atoms with Gasteiger partial charge in [-0.3, -0.25) is 0 Å². The van der Waals surface area contributed by atoms with E-state index in [0.717, 1.165) is 0 Å². The van der Waals surface area contributed by atoms with Crippen LogP contribution in [0.25, 0.3) is 0 Å². The summed E-state index contributed by atoms with van der Waals surface area (Å²) in [6.45, 7) is 0. The molecule has 0 heterocycles. The molecule has 0 aliphatic carbocycles. The molecule has 0 aliphatic heterocycles. The molecule has 0 nitrogen and oxygen atoms in total. The molecule has 7 heteroatoms. The zero-order chi connectivity index (χ0) is 6.41. The molecule has 0 aliphatic rings. The van der Waals surface area contributed by atoms with Crippen molar-refractivity contribution in [1.29, 1.82) is 0 Å². The molecule has 0 saturated heterocycles. The van der Waals surface area contributed by atoms with Crippen LogP contribution in [0.3, 0.4) is 0 Å². The first-order valence-corrected chi connectivity index (χ1v) is 55.9. The van der Waals surface area contributed by atoms with E-state index in [9.17, 15) is 0 Å². The first kappa shape index (κ1) is 10.8. The summed E-state index contributed by atoms with van der Waals surface area (Å²) in [7, 11) is 0. The average Bonchev–Trinajstić information content (AvgIpc) is 0.592. The standard InChI is InChI=1S/6BrH.Cd/h6*1H;/q;;;;;;+6/p-6. The molecule has 0 amide bonds. The molecule has 0 aromatic heterocycles. The summed E-state index contributed by atoms with van der Waals surface area (Å²) >= 11 is 20.3. The summed E-state index contributed by atoms with van der Waals surface area (Å²) in [5.74, 6) is 0. The summed E-state index contributed by atoms with van der Waals surface area (Å²) in [6, 6.07) is 0. The van der Waals surface area contributed by atoms with Gasteiger partial charge in [0, 0.05) is 0 Å². The molecule has 0 saturated carbocycles. The van der Waals surface area contributed by atoms with Gasteiger partial charge in [0.25, 0.3) is 0 Å². The van der Waals surface area contributed by atoms with Crippen molar-refractivity contribution in [2.45, 2.75) is 0 Å². The summed E-state index contributed by atoms with van der Waals surface area (Å²) in [5, 5.41) is 0. The monoisotopic (exact) mass is 587 g/mol. The predicted molar refractivity (Wildman–Crippen MR) is 53.6 cm³/mol. The van der Waals surface area contributed by atoms with Crippen molar-refractivity contribution >= 4 is 71.9 Å². The fourth-order valence-electron chi connectivity index (χ4n) is 0. The van der Waals surface area contributed by atoms with E-state index in [1.165, 1.54) is 0 Å². The molecule has 7 heavy (non-hydrogen) atoms. The third-order valence-corrected chi connectivity index (χ3v) is 0. The molecule has 0 spiro atoms. The quantitative estimate of drug-likeness (QED) is 0.345. The number of rotatable bonds is 0. The molecule has 0 rings (SSSR count). The van der Waals surface area contributed by atoms with E-state index < -0.39 is 3.66 Å². The van der Waals surface area contributed by atoms with Crippen LogP contribution in [-0.2, 0) is 3.66 Å². The third kappa shape index (κ3) is 41.3. The van der Waals surface area contributed by atoms with Crippen LogP contribution in [0.5, 0.6) is 0 Å². The second-order valence-corrected chi connectivity index (χ2v) is 274. The molecule has 44 valence electrons. The van der Waals surface area contributed by atoms with Gasteiger partial charge < -0.3 is 0 Å². The van der Waals surface area contributed by atoms with Crippen LogP contribution < -0.4 is 0 Å². The Labute approximate surface area is 73.1 Å². The predicted octanol–water partition coefficient (Wildman–Crippen LogP) is 5.07. The van der Waals surface area contributed by atoms with Crippen molar-refractivity contribution in [2.75, 3.05) is 0 Å². The van der Waals surface area contributed by atoms with Crippen LogP contribution in [0.4, 0.5) is 0 Å². The van der Waals surface area contributed by atoms with Gasteiger partial charge in [0.1, 0.15) is 0 Å². The van der Waals surface area contributed by atoms with E-state index >= 15 is 0 Å². The van der Waals surface area contributed by atoms with Crippen LogP contribution >= 0.6 is 71.9 Å². The average molecular weight is 592 g/mol. The second-order valence-electron chi connectivity index (χ2n) is 1.52. The molecule has 0 aromatic rings. The van der Waals surface area contributed by atoms with Crippen molar-refractivity contribution in [3.63, 3.8) is 0 Å². The van der Waals surface area contributed by atoms with Crippen molar-refractivity contribution in [3.8, 4) is 0 Å². The summed E-state index contributed by atoms with van der Waals surface area (Å²) in [4.78, 5) is 0. The van der Waals surface area contributed by atoms with Gasteiger partial charge >= 0.3 is 75.6 Å². The molecular formula is Br6Cd. The van der Waals surface area contributed by atoms with Gasteiger partial charge in [-0.2, -0.15) is 0 Å². The Morgan fingerprint density at radius 1 is 0.571 bits per heavy atom. The maximum atomic E-state index is 3.38.